The predicted octanol–water partition coefficient (Wildman–Crippen LogP) is 1.27. The maximum absolute atomic E-state index is 13.4. The molecule has 0 aliphatic heterocycles. The second kappa shape index (κ2) is 9.61. The van der Waals surface area contributed by atoms with Crippen molar-refractivity contribution in [1.29, 1.82) is 0 Å². The van der Waals surface area contributed by atoms with Gasteiger partial charge >= 0.3 is 6.03 Å². The molecule has 2 N–H and O–H groups in total. The van der Waals surface area contributed by atoms with Gasteiger partial charge < -0.3 is 10.2 Å². The maximum atomic E-state index is 13.4. The Labute approximate surface area is 140 Å². The van der Waals surface area contributed by atoms with E-state index in [9.17, 15) is 18.8 Å². The van der Waals surface area contributed by atoms with Gasteiger partial charge in [0.15, 0.2) is 0 Å². The number of nitrogens with zero attached hydrogens (tertiary/aromatic N) is 2. The Kier molecular flexibility index (Phi) is 7.84. The van der Waals surface area contributed by atoms with Gasteiger partial charge in [0.25, 0.3) is 0 Å². The van der Waals surface area contributed by atoms with E-state index in [1.54, 1.807) is 18.0 Å². The number of carbonyl (C=O) groups excluding carboxylic acids is 3. The first-order valence-electron chi connectivity index (χ1n) is 7.69. The molecule has 1 aromatic carbocycles. The van der Waals surface area contributed by atoms with Gasteiger partial charge in [-0.05, 0) is 33.0 Å². The van der Waals surface area contributed by atoms with Crippen molar-refractivity contribution in [3.8, 4) is 0 Å². The van der Waals surface area contributed by atoms with Crippen molar-refractivity contribution < 1.29 is 18.8 Å². The highest BCUT2D eigenvalue weighted by Crippen LogP contribution is 2.11. The van der Waals surface area contributed by atoms with Gasteiger partial charge in [0.05, 0.1) is 18.8 Å². The van der Waals surface area contributed by atoms with Crippen molar-refractivity contribution in [3.63, 3.8) is 0 Å². The highest BCUT2D eigenvalue weighted by atomic mass is 19.1. The van der Waals surface area contributed by atoms with Gasteiger partial charge in [-0.25, -0.2) is 9.18 Å². The van der Waals surface area contributed by atoms with E-state index in [4.69, 9.17) is 0 Å². The summed E-state index contributed by atoms with van der Waals surface area (Å²) >= 11 is 0. The summed E-state index contributed by atoms with van der Waals surface area (Å²) in [6.45, 7) is 4.89. The lowest BCUT2D eigenvalue weighted by atomic mass is 10.3. The zero-order valence-corrected chi connectivity index (χ0v) is 14.1. The molecular weight excluding hydrogens is 315 g/mol. The van der Waals surface area contributed by atoms with E-state index >= 15 is 0 Å². The Morgan fingerprint density at radius 2 is 1.71 bits per heavy atom. The van der Waals surface area contributed by atoms with Gasteiger partial charge in [-0.2, -0.15) is 0 Å². The predicted molar refractivity (Wildman–Crippen MR) is 89.0 cm³/mol. The highest BCUT2D eigenvalue weighted by Gasteiger charge is 2.16. The number of para-hydroxylation sites is 1. The van der Waals surface area contributed by atoms with Crippen molar-refractivity contribution in [1.82, 2.24) is 15.1 Å². The van der Waals surface area contributed by atoms with Crippen LogP contribution in [0.1, 0.15) is 13.8 Å². The lowest BCUT2D eigenvalue weighted by Gasteiger charge is -2.22. The number of anilines is 1. The number of hydrogen-bond donors (Lipinski definition) is 2. The summed E-state index contributed by atoms with van der Waals surface area (Å²) in [6.07, 6.45) is 0. The van der Waals surface area contributed by atoms with Crippen LogP contribution in [0, 0.1) is 5.82 Å². The Balaban J connectivity index is 2.43. The normalized spacial score (nSPS) is 10.4. The van der Waals surface area contributed by atoms with Crippen molar-refractivity contribution in [2.75, 3.05) is 38.5 Å². The minimum Gasteiger partial charge on any atom is -0.342 e. The topological polar surface area (TPSA) is 81.8 Å². The van der Waals surface area contributed by atoms with Crippen molar-refractivity contribution in [2.24, 2.45) is 0 Å². The van der Waals surface area contributed by atoms with Crippen LogP contribution in [0.2, 0.25) is 0 Å². The van der Waals surface area contributed by atoms with Crippen LogP contribution in [-0.4, -0.2) is 60.9 Å². The van der Waals surface area contributed by atoms with E-state index in [1.165, 1.54) is 23.1 Å². The molecule has 0 aliphatic carbocycles. The first kappa shape index (κ1) is 19.6. The van der Waals surface area contributed by atoms with Crippen LogP contribution in [-0.2, 0) is 9.59 Å². The molecule has 4 amide bonds. The molecule has 0 radical (unpaired) electrons. The summed E-state index contributed by atoms with van der Waals surface area (Å²) in [5, 5.41) is 4.35. The van der Waals surface area contributed by atoms with E-state index in [1.807, 2.05) is 13.8 Å². The third-order valence-electron chi connectivity index (χ3n) is 3.31. The van der Waals surface area contributed by atoms with Gasteiger partial charge in [0.1, 0.15) is 5.82 Å². The van der Waals surface area contributed by atoms with Crippen LogP contribution in [0.4, 0.5) is 14.9 Å². The van der Waals surface area contributed by atoms with Crippen molar-refractivity contribution in [3.05, 3.63) is 30.1 Å². The SMILES string of the molecule is CCN(CC)C(=O)CN(C)CC(=O)NC(=O)Nc1ccccc1F. The van der Waals surface area contributed by atoms with Gasteiger partial charge in [-0.15, -0.1) is 0 Å². The number of hydrogen-bond acceptors (Lipinski definition) is 4. The van der Waals surface area contributed by atoms with Crippen LogP contribution in [0.5, 0.6) is 0 Å². The lowest BCUT2D eigenvalue weighted by molar-refractivity contribution is -0.132. The molecular formula is C16H23FN4O3. The number of likely N-dealkylation sites (N-methyl/N-ethyl adjacent to an activating group) is 2. The molecule has 0 spiro atoms. The van der Waals surface area contributed by atoms with E-state index in [2.05, 4.69) is 10.6 Å². The second-order valence-corrected chi connectivity index (χ2v) is 5.22. The summed E-state index contributed by atoms with van der Waals surface area (Å²) in [7, 11) is 1.61. The highest BCUT2D eigenvalue weighted by molar-refractivity contribution is 6.01. The molecule has 0 aliphatic rings. The Bertz CT molecular complexity index is 590. The van der Waals surface area contributed by atoms with E-state index in [-0.39, 0.29) is 24.7 Å². The second-order valence-electron chi connectivity index (χ2n) is 5.22. The number of urea groups is 1. The average Bonchev–Trinajstić information content (AvgIpc) is 2.50. The standard InChI is InChI=1S/C16H23FN4O3/c1-4-21(5-2)15(23)11-20(3)10-14(22)19-16(24)18-13-9-7-6-8-12(13)17/h6-9H,4-5,10-11H2,1-3H3,(H2,18,19,22,24). The summed E-state index contributed by atoms with van der Waals surface area (Å²) < 4.78 is 13.4. The maximum Gasteiger partial charge on any atom is 0.326 e. The smallest absolute Gasteiger partial charge is 0.326 e. The summed E-state index contributed by atoms with van der Waals surface area (Å²) in [5.41, 5.74) is -0.0205. The van der Waals surface area contributed by atoms with E-state index in [0.717, 1.165) is 0 Å². The van der Waals surface area contributed by atoms with Crippen molar-refractivity contribution >= 4 is 23.5 Å². The zero-order valence-electron chi connectivity index (χ0n) is 14.1. The first-order chi connectivity index (χ1) is 11.4. The number of carbonyl (C=O) groups is 3. The average molecular weight is 338 g/mol. The largest absolute Gasteiger partial charge is 0.342 e. The quantitative estimate of drug-likeness (QED) is 0.784. The van der Waals surface area contributed by atoms with Gasteiger partial charge in [0, 0.05) is 13.1 Å². The molecule has 0 saturated heterocycles. The van der Waals surface area contributed by atoms with Crippen molar-refractivity contribution in [2.45, 2.75) is 13.8 Å². The Morgan fingerprint density at radius 3 is 2.29 bits per heavy atom. The Morgan fingerprint density at radius 1 is 1.08 bits per heavy atom. The Hall–Kier alpha value is -2.48. The molecule has 0 aromatic heterocycles. The van der Waals surface area contributed by atoms with E-state index in [0.29, 0.717) is 13.1 Å². The number of amides is 4. The molecule has 8 heteroatoms. The summed E-state index contributed by atoms with van der Waals surface area (Å²) in [6, 6.07) is 4.81. The number of benzene rings is 1. The number of halogens is 1. The van der Waals surface area contributed by atoms with Crippen LogP contribution >= 0.6 is 0 Å². The molecule has 0 fully saturated rings. The van der Waals surface area contributed by atoms with Crippen LogP contribution in [0.15, 0.2) is 24.3 Å². The summed E-state index contributed by atoms with van der Waals surface area (Å²) in [4.78, 5) is 38.6. The van der Waals surface area contributed by atoms with Gasteiger partial charge in [0.2, 0.25) is 11.8 Å². The lowest BCUT2D eigenvalue weighted by Crippen LogP contribution is -2.44. The first-order valence-corrected chi connectivity index (χ1v) is 7.69. The van der Waals surface area contributed by atoms with Gasteiger partial charge in [-0.3, -0.25) is 19.8 Å². The fourth-order valence-electron chi connectivity index (χ4n) is 2.09. The minimum absolute atomic E-state index is 0.0205. The minimum atomic E-state index is -0.825. The van der Waals surface area contributed by atoms with E-state index < -0.39 is 17.8 Å². The molecule has 0 atom stereocenters. The fraction of sp³-hybridized carbons (Fsp3) is 0.438. The monoisotopic (exact) mass is 338 g/mol. The number of rotatable bonds is 7. The third kappa shape index (κ3) is 6.33. The molecule has 1 aromatic rings. The molecule has 24 heavy (non-hydrogen) atoms. The zero-order chi connectivity index (χ0) is 18.1. The van der Waals surface area contributed by atoms with Crippen LogP contribution in [0.3, 0.4) is 0 Å². The molecule has 0 heterocycles. The third-order valence-corrected chi connectivity index (χ3v) is 3.31. The molecule has 1 rings (SSSR count). The fourth-order valence-corrected chi connectivity index (χ4v) is 2.09. The molecule has 0 bridgehead atoms. The number of imide groups is 1. The number of nitrogens with one attached hydrogen (secondary N) is 2. The summed E-state index contributed by atoms with van der Waals surface area (Å²) in [5.74, 6) is -1.27. The molecule has 0 saturated carbocycles. The molecule has 0 unspecified atom stereocenters. The van der Waals surface area contributed by atoms with Crippen LogP contribution < -0.4 is 10.6 Å². The van der Waals surface area contributed by atoms with Crippen LogP contribution in [0.25, 0.3) is 0 Å². The van der Waals surface area contributed by atoms with Gasteiger partial charge in [-0.1, -0.05) is 12.1 Å². The molecule has 132 valence electrons. The molecule has 7 nitrogen and oxygen atoms in total.